The number of alkyl halides is 3. The highest BCUT2D eigenvalue weighted by Crippen LogP contribution is 2.29. The number of likely N-dealkylation sites (N-methyl/N-ethyl adjacent to an activating group) is 1. The van der Waals surface area contributed by atoms with Gasteiger partial charge in [0, 0.05) is 18.5 Å². The van der Waals surface area contributed by atoms with Gasteiger partial charge in [-0.2, -0.15) is 18.4 Å². The van der Waals surface area contributed by atoms with Crippen LogP contribution in [0.4, 0.5) is 13.2 Å². The van der Waals surface area contributed by atoms with Gasteiger partial charge < -0.3 is 5.32 Å². The van der Waals surface area contributed by atoms with Crippen molar-refractivity contribution in [1.82, 2.24) is 10.2 Å². The normalized spacial score (nSPS) is 12.0. The molecular formula is C20H18F3N3O2. The summed E-state index contributed by atoms with van der Waals surface area (Å²) in [4.78, 5) is 26.0. The first-order valence-corrected chi connectivity index (χ1v) is 8.49. The molecule has 0 heterocycles. The van der Waals surface area contributed by atoms with Gasteiger partial charge in [0.2, 0.25) is 0 Å². The number of rotatable bonds is 6. The average molecular weight is 389 g/mol. The summed E-state index contributed by atoms with van der Waals surface area (Å²) in [6, 6.07) is 11.6. The number of carbonyl (C=O) groups excluding carboxylic acids is 2. The number of halogens is 3. The molecule has 8 heteroatoms. The predicted molar refractivity (Wildman–Crippen MR) is 95.8 cm³/mol. The Hall–Kier alpha value is -3.34. The number of nitrogens with one attached hydrogen (secondary N) is 1. The molecule has 5 nitrogen and oxygen atoms in total. The van der Waals surface area contributed by atoms with Crippen molar-refractivity contribution >= 4 is 11.8 Å². The Morgan fingerprint density at radius 1 is 1.14 bits per heavy atom. The van der Waals surface area contributed by atoms with Gasteiger partial charge in [0.1, 0.15) is 6.04 Å². The maximum absolute atomic E-state index is 12.9. The summed E-state index contributed by atoms with van der Waals surface area (Å²) in [5.41, 5.74) is -0.446. The monoisotopic (exact) mass is 389 g/mol. The van der Waals surface area contributed by atoms with E-state index in [9.17, 15) is 22.8 Å². The fourth-order valence-electron chi connectivity index (χ4n) is 2.59. The highest BCUT2D eigenvalue weighted by Gasteiger charge is 2.31. The molecule has 0 fully saturated rings. The predicted octanol–water partition coefficient (Wildman–Crippen LogP) is 3.38. The number of amides is 2. The van der Waals surface area contributed by atoms with E-state index in [1.165, 1.54) is 6.07 Å². The molecule has 2 rings (SSSR count). The molecule has 28 heavy (non-hydrogen) atoms. The van der Waals surface area contributed by atoms with Crippen LogP contribution in [0, 0.1) is 11.5 Å². The van der Waals surface area contributed by atoms with Crippen molar-refractivity contribution in [2.24, 2.45) is 0 Å². The Bertz CT molecular complexity index is 876. The van der Waals surface area contributed by atoms with Gasteiger partial charge in [-0.1, -0.05) is 36.4 Å². The van der Waals surface area contributed by atoms with Crippen LogP contribution in [0.5, 0.6) is 0 Å². The van der Waals surface area contributed by atoms with Crippen molar-refractivity contribution in [3.63, 3.8) is 0 Å². The number of hydrogen-bond donors (Lipinski definition) is 1. The fourth-order valence-corrected chi connectivity index (χ4v) is 2.59. The van der Waals surface area contributed by atoms with Crippen LogP contribution >= 0.6 is 0 Å². The summed E-state index contributed by atoms with van der Waals surface area (Å²) in [5.74, 6) is -1.46. The zero-order valence-electron chi connectivity index (χ0n) is 15.0. The zero-order valence-corrected chi connectivity index (χ0v) is 15.0. The van der Waals surface area contributed by atoms with Gasteiger partial charge in [-0.15, -0.1) is 0 Å². The third-order valence-corrected chi connectivity index (χ3v) is 4.04. The maximum Gasteiger partial charge on any atom is 0.416 e. The molecule has 0 spiro atoms. The van der Waals surface area contributed by atoms with Crippen LogP contribution < -0.4 is 5.32 Å². The molecule has 2 aromatic carbocycles. The zero-order chi connectivity index (χ0) is 20.7. The standard InChI is InChI=1S/C20H18F3N3O2/c1-2-26(13-24)19(28)17(11-14-7-4-3-5-8-14)25-18(27)15-9-6-10-16(12-15)20(21,22)23/h3-10,12,17H,2,11H2,1H3,(H,25,27). The topological polar surface area (TPSA) is 73.2 Å². The maximum atomic E-state index is 12.9. The molecule has 0 aliphatic rings. The molecule has 0 aliphatic heterocycles. The summed E-state index contributed by atoms with van der Waals surface area (Å²) in [6.45, 7) is 1.72. The molecule has 2 amide bonds. The van der Waals surface area contributed by atoms with E-state index in [4.69, 9.17) is 5.26 Å². The number of benzene rings is 2. The van der Waals surface area contributed by atoms with E-state index in [-0.39, 0.29) is 18.5 Å². The van der Waals surface area contributed by atoms with Gasteiger partial charge in [-0.05, 0) is 30.7 Å². The van der Waals surface area contributed by atoms with Crippen LogP contribution in [-0.2, 0) is 17.4 Å². The van der Waals surface area contributed by atoms with Crippen molar-refractivity contribution in [3.8, 4) is 6.19 Å². The minimum Gasteiger partial charge on any atom is -0.340 e. The largest absolute Gasteiger partial charge is 0.416 e. The molecule has 0 aliphatic carbocycles. The third-order valence-electron chi connectivity index (χ3n) is 4.04. The third kappa shape index (κ3) is 5.33. The quantitative estimate of drug-likeness (QED) is 0.608. The molecule has 0 bridgehead atoms. The second kappa shape index (κ2) is 9.04. The van der Waals surface area contributed by atoms with E-state index in [1.54, 1.807) is 43.4 Å². The van der Waals surface area contributed by atoms with E-state index in [0.717, 1.165) is 28.7 Å². The SMILES string of the molecule is CCN(C#N)C(=O)C(Cc1ccccc1)NC(=O)c1cccc(C(F)(F)F)c1. The van der Waals surface area contributed by atoms with Crippen LogP contribution in [-0.4, -0.2) is 29.3 Å². The number of hydrogen-bond acceptors (Lipinski definition) is 3. The Morgan fingerprint density at radius 2 is 1.82 bits per heavy atom. The molecular weight excluding hydrogens is 371 g/mol. The van der Waals surface area contributed by atoms with Gasteiger partial charge in [0.15, 0.2) is 6.19 Å². The van der Waals surface area contributed by atoms with E-state index in [2.05, 4.69) is 5.32 Å². The van der Waals surface area contributed by atoms with E-state index in [0.29, 0.717) is 0 Å². The molecule has 146 valence electrons. The lowest BCUT2D eigenvalue weighted by molar-refractivity contribution is -0.137. The minimum absolute atomic E-state index is 0.0998. The summed E-state index contributed by atoms with van der Waals surface area (Å²) >= 11 is 0. The summed E-state index contributed by atoms with van der Waals surface area (Å²) in [5, 5.41) is 11.6. The van der Waals surface area contributed by atoms with Crippen molar-refractivity contribution < 1.29 is 22.8 Å². The van der Waals surface area contributed by atoms with Crippen molar-refractivity contribution in [3.05, 3.63) is 71.3 Å². The van der Waals surface area contributed by atoms with Gasteiger partial charge in [-0.25, -0.2) is 4.90 Å². The number of nitrogens with zero attached hydrogens (tertiary/aromatic N) is 2. The molecule has 1 N–H and O–H groups in total. The minimum atomic E-state index is -4.59. The van der Waals surface area contributed by atoms with E-state index >= 15 is 0 Å². The van der Waals surface area contributed by atoms with Gasteiger partial charge >= 0.3 is 6.18 Å². The van der Waals surface area contributed by atoms with E-state index < -0.39 is 29.6 Å². The molecule has 0 radical (unpaired) electrons. The Balaban J connectivity index is 2.27. The second-order valence-electron chi connectivity index (χ2n) is 5.98. The Kier molecular flexibility index (Phi) is 6.77. The van der Waals surface area contributed by atoms with Crippen molar-refractivity contribution in [1.29, 1.82) is 5.26 Å². The molecule has 1 atom stereocenters. The van der Waals surface area contributed by atoms with Gasteiger partial charge in [-0.3, -0.25) is 9.59 Å². The lowest BCUT2D eigenvalue weighted by atomic mass is 10.0. The van der Waals surface area contributed by atoms with Crippen molar-refractivity contribution in [2.45, 2.75) is 25.6 Å². The summed E-state index contributed by atoms with van der Waals surface area (Å²) in [7, 11) is 0. The fraction of sp³-hybridized carbons (Fsp3) is 0.250. The first-order valence-electron chi connectivity index (χ1n) is 8.49. The summed E-state index contributed by atoms with van der Waals surface area (Å²) < 4.78 is 38.6. The van der Waals surface area contributed by atoms with Crippen LogP contribution in [0.2, 0.25) is 0 Å². The van der Waals surface area contributed by atoms with Crippen LogP contribution in [0.3, 0.4) is 0 Å². The highest BCUT2D eigenvalue weighted by atomic mass is 19.4. The lowest BCUT2D eigenvalue weighted by Crippen LogP contribution is -2.48. The van der Waals surface area contributed by atoms with Crippen LogP contribution in [0.1, 0.15) is 28.4 Å². The van der Waals surface area contributed by atoms with Crippen molar-refractivity contribution in [2.75, 3.05) is 6.54 Å². The van der Waals surface area contributed by atoms with Gasteiger partial charge in [0.05, 0.1) is 5.56 Å². The van der Waals surface area contributed by atoms with Gasteiger partial charge in [0.25, 0.3) is 11.8 Å². The van der Waals surface area contributed by atoms with Crippen LogP contribution in [0.15, 0.2) is 54.6 Å². The lowest BCUT2D eigenvalue weighted by Gasteiger charge is -2.22. The Morgan fingerprint density at radius 3 is 2.39 bits per heavy atom. The first-order chi connectivity index (χ1) is 13.3. The smallest absolute Gasteiger partial charge is 0.340 e. The second-order valence-corrected chi connectivity index (χ2v) is 5.98. The van der Waals surface area contributed by atoms with Crippen LogP contribution in [0.25, 0.3) is 0 Å². The molecule has 0 saturated carbocycles. The summed E-state index contributed by atoms with van der Waals surface area (Å²) in [6.07, 6.45) is -2.74. The highest BCUT2D eigenvalue weighted by molar-refractivity contribution is 5.98. The molecule has 1 unspecified atom stereocenters. The Labute approximate surface area is 160 Å². The van der Waals surface area contributed by atoms with E-state index in [1.807, 2.05) is 0 Å². The molecule has 0 saturated heterocycles. The molecule has 2 aromatic rings. The average Bonchev–Trinajstić information content (AvgIpc) is 2.68. The molecule has 0 aromatic heterocycles. The number of carbonyl (C=O) groups is 2. The number of nitriles is 1. The first kappa shape index (κ1) is 21.0.